The second-order valence-electron chi connectivity index (χ2n) is 3.70. The summed E-state index contributed by atoms with van der Waals surface area (Å²) in [5, 5.41) is 13.2. The molecule has 5 nitrogen and oxygen atoms in total. The molecule has 0 radical (unpaired) electrons. The maximum Gasteiger partial charge on any atom is 0.360 e. The predicted octanol–water partition coefficient (Wildman–Crippen LogP) is 1.89. The molecule has 0 aliphatic carbocycles. The Labute approximate surface area is 107 Å². The summed E-state index contributed by atoms with van der Waals surface area (Å²) >= 11 is 5.86. The van der Waals surface area contributed by atoms with Gasteiger partial charge in [-0.3, -0.25) is 4.79 Å². The van der Waals surface area contributed by atoms with Crippen molar-refractivity contribution in [1.82, 2.24) is 9.78 Å². The first kappa shape index (κ1) is 12.3. The van der Waals surface area contributed by atoms with Gasteiger partial charge in [0.15, 0.2) is 0 Å². The van der Waals surface area contributed by atoms with Crippen LogP contribution in [0.15, 0.2) is 35.1 Å². The van der Waals surface area contributed by atoms with Gasteiger partial charge in [-0.15, -0.1) is 0 Å². The number of carbonyl (C=O) groups is 1. The molecule has 0 unspecified atom stereocenters. The predicted molar refractivity (Wildman–Crippen MR) is 66.5 cm³/mol. The topological polar surface area (TPSA) is 72.2 Å². The van der Waals surface area contributed by atoms with Gasteiger partial charge in [0.1, 0.15) is 0 Å². The third-order valence-corrected chi connectivity index (χ3v) is 2.60. The van der Waals surface area contributed by atoms with Crippen molar-refractivity contribution in [3.8, 4) is 5.69 Å². The lowest BCUT2D eigenvalue weighted by Gasteiger charge is -2.09. The molecule has 1 aromatic heterocycles. The molecular weight excluding hydrogens is 256 g/mol. The first-order chi connectivity index (χ1) is 8.49. The minimum absolute atomic E-state index is 0.504. The average Bonchev–Trinajstić information content (AvgIpc) is 2.28. The van der Waals surface area contributed by atoms with Crippen LogP contribution >= 0.6 is 11.6 Å². The van der Waals surface area contributed by atoms with Crippen molar-refractivity contribution in [2.45, 2.75) is 6.92 Å². The highest BCUT2D eigenvalue weighted by molar-refractivity contribution is 6.30. The molecule has 92 valence electrons. The van der Waals surface area contributed by atoms with Crippen LogP contribution in [0.5, 0.6) is 0 Å². The van der Waals surface area contributed by atoms with E-state index in [1.165, 1.54) is 10.7 Å². The highest BCUT2D eigenvalue weighted by Crippen LogP contribution is 2.14. The Morgan fingerprint density at radius 2 is 2.11 bits per heavy atom. The zero-order chi connectivity index (χ0) is 13.3. The highest BCUT2D eigenvalue weighted by Gasteiger charge is 2.13. The van der Waals surface area contributed by atoms with Crippen molar-refractivity contribution in [2.24, 2.45) is 0 Å². The number of rotatable bonds is 2. The van der Waals surface area contributed by atoms with Gasteiger partial charge in [0, 0.05) is 16.8 Å². The number of carboxylic acids is 1. The Morgan fingerprint density at radius 3 is 2.72 bits per heavy atom. The zero-order valence-corrected chi connectivity index (χ0v) is 10.2. The maximum atomic E-state index is 11.4. The first-order valence-corrected chi connectivity index (χ1v) is 5.47. The standard InChI is InChI=1S/C12H9ClN2O3/c1-7-5-10(16)11(12(17)18)14-15(7)9-4-2-3-8(13)6-9/h2-6H,1H3,(H,17,18). The summed E-state index contributed by atoms with van der Waals surface area (Å²) < 4.78 is 1.37. The molecule has 0 atom stereocenters. The van der Waals surface area contributed by atoms with Crippen LogP contribution in [0.25, 0.3) is 5.69 Å². The van der Waals surface area contributed by atoms with Crippen LogP contribution in [-0.2, 0) is 0 Å². The zero-order valence-electron chi connectivity index (χ0n) is 9.42. The fourth-order valence-electron chi connectivity index (χ4n) is 1.56. The molecule has 0 bridgehead atoms. The van der Waals surface area contributed by atoms with Gasteiger partial charge in [-0.1, -0.05) is 17.7 Å². The summed E-state index contributed by atoms with van der Waals surface area (Å²) in [6.45, 7) is 1.67. The summed E-state index contributed by atoms with van der Waals surface area (Å²) in [7, 11) is 0. The smallest absolute Gasteiger partial charge is 0.360 e. The van der Waals surface area contributed by atoms with Gasteiger partial charge in [-0.2, -0.15) is 5.10 Å². The molecule has 1 aromatic carbocycles. The Morgan fingerprint density at radius 1 is 1.39 bits per heavy atom. The van der Waals surface area contributed by atoms with Crippen molar-refractivity contribution >= 4 is 17.6 Å². The number of nitrogens with zero attached hydrogens (tertiary/aromatic N) is 2. The van der Waals surface area contributed by atoms with Crippen LogP contribution in [0, 0.1) is 6.92 Å². The molecule has 6 heteroatoms. The van der Waals surface area contributed by atoms with Gasteiger partial charge < -0.3 is 5.11 Å². The lowest BCUT2D eigenvalue weighted by Crippen LogP contribution is -2.22. The average molecular weight is 265 g/mol. The van der Waals surface area contributed by atoms with Crippen LogP contribution in [0.1, 0.15) is 16.2 Å². The third kappa shape index (κ3) is 2.26. The molecule has 0 saturated carbocycles. The molecule has 0 spiro atoms. The summed E-state index contributed by atoms with van der Waals surface area (Å²) in [6.07, 6.45) is 0. The van der Waals surface area contributed by atoms with E-state index in [4.69, 9.17) is 16.7 Å². The van der Waals surface area contributed by atoms with Crippen molar-refractivity contribution in [1.29, 1.82) is 0 Å². The van der Waals surface area contributed by atoms with E-state index < -0.39 is 17.1 Å². The second kappa shape index (κ2) is 4.62. The Kier molecular flexibility index (Phi) is 3.16. The van der Waals surface area contributed by atoms with Gasteiger partial charge in [-0.25, -0.2) is 9.48 Å². The molecule has 2 rings (SSSR count). The largest absolute Gasteiger partial charge is 0.476 e. The van der Waals surface area contributed by atoms with E-state index in [2.05, 4.69) is 5.10 Å². The number of halogens is 1. The molecule has 0 aliphatic rings. The van der Waals surface area contributed by atoms with Crippen molar-refractivity contribution in [3.63, 3.8) is 0 Å². The Bertz CT molecular complexity index is 679. The molecule has 1 N–H and O–H groups in total. The minimum atomic E-state index is -1.35. The van der Waals surface area contributed by atoms with E-state index in [1.54, 1.807) is 31.2 Å². The van der Waals surface area contributed by atoms with Gasteiger partial charge >= 0.3 is 5.97 Å². The van der Waals surface area contributed by atoms with Gasteiger partial charge in [0.25, 0.3) is 0 Å². The number of hydrogen-bond acceptors (Lipinski definition) is 3. The fraction of sp³-hybridized carbons (Fsp3) is 0.0833. The monoisotopic (exact) mass is 264 g/mol. The van der Waals surface area contributed by atoms with E-state index in [-0.39, 0.29) is 0 Å². The summed E-state index contributed by atoms with van der Waals surface area (Å²) in [6, 6.07) is 8.01. The van der Waals surface area contributed by atoms with Gasteiger partial charge in [0.2, 0.25) is 11.1 Å². The normalized spacial score (nSPS) is 10.3. The molecule has 1 heterocycles. The van der Waals surface area contributed by atoms with Crippen LogP contribution in [0.2, 0.25) is 5.02 Å². The fourth-order valence-corrected chi connectivity index (χ4v) is 1.75. The van der Waals surface area contributed by atoms with Crippen molar-refractivity contribution in [2.75, 3.05) is 0 Å². The van der Waals surface area contributed by atoms with Crippen LogP contribution in [-0.4, -0.2) is 20.9 Å². The van der Waals surface area contributed by atoms with E-state index >= 15 is 0 Å². The van der Waals surface area contributed by atoms with Crippen LogP contribution < -0.4 is 5.43 Å². The first-order valence-electron chi connectivity index (χ1n) is 5.09. The van der Waals surface area contributed by atoms with E-state index in [1.807, 2.05) is 0 Å². The summed E-state index contributed by atoms with van der Waals surface area (Å²) in [5.74, 6) is -1.35. The molecule has 2 aromatic rings. The molecule has 0 aliphatic heterocycles. The van der Waals surface area contributed by atoms with Crippen LogP contribution in [0.4, 0.5) is 0 Å². The van der Waals surface area contributed by atoms with E-state index in [0.717, 1.165) is 0 Å². The minimum Gasteiger partial charge on any atom is -0.476 e. The SMILES string of the molecule is Cc1cc(=O)c(C(=O)O)nn1-c1cccc(Cl)c1. The third-order valence-electron chi connectivity index (χ3n) is 2.36. The lowest BCUT2D eigenvalue weighted by atomic mass is 10.3. The number of hydrogen-bond donors (Lipinski definition) is 1. The summed E-state index contributed by atoms with van der Waals surface area (Å²) in [4.78, 5) is 22.3. The van der Waals surface area contributed by atoms with Gasteiger partial charge in [0.05, 0.1) is 5.69 Å². The molecule has 0 saturated heterocycles. The van der Waals surface area contributed by atoms with E-state index in [9.17, 15) is 9.59 Å². The lowest BCUT2D eigenvalue weighted by molar-refractivity contribution is 0.0687. The highest BCUT2D eigenvalue weighted by atomic mass is 35.5. The molecule has 0 fully saturated rings. The second-order valence-corrected chi connectivity index (χ2v) is 4.13. The molecular formula is C12H9ClN2O3. The van der Waals surface area contributed by atoms with Crippen molar-refractivity contribution in [3.05, 3.63) is 57.0 Å². The van der Waals surface area contributed by atoms with Gasteiger partial charge in [-0.05, 0) is 25.1 Å². The number of aryl methyl sites for hydroxylation is 1. The molecule has 18 heavy (non-hydrogen) atoms. The van der Waals surface area contributed by atoms with Crippen molar-refractivity contribution < 1.29 is 9.90 Å². The number of aromatic nitrogens is 2. The van der Waals surface area contributed by atoms with Crippen LogP contribution in [0.3, 0.4) is 0 Å². The van der Waals surface area contributed by atoms with E-state index in [0.29, 0.717) is 16.4 Å². The number of benzene rings is 1. The maximum absolute atomic E-state index is 11.4. The molecule has 0 amide bonds. The summed E-state index contributed by atoms with van der Waals surface area (Å²) in [5.41, 5.74) is 0.00798. The number of aromatic carboxylic acids is 1. The Balaban J connectivity index is 2.68. The quantitative estimate of drug-likeness (QED) is 0.899. The number of carboxylic acid groups (broad SMARTS) is 1. The Hall–Kier alpha value is -2.14.